The maximum atomic E-state index is 13.0. The van der Waals surface area contributed by atoms with E-state index in [1.54, 1.807) is 30.6 Å². The fourth-order valence-electron chi connectivity index (χ4n) is 5.40. The van der Waals surface area contributed by atoms with Gasteiger partial charge in [-0.25, -0.2) is 9.97 Å². The molecule has 3 aliphatic rings. The predicted molar refractivity (Wildman–Crippen MR) is 143 cm³/mol. The Kier molecular flexibility index (Phi) is 7.72. The maximum Gasteiger partial charge on any atom is 0.253 e. The third-order valence-electron chi connectivity index (χ3n) is 7.77. The van der Waals surface area contributed by atoms with Gasteiger partial charge < -0.3 is 25.3 Å². The molecule has 10 heteroatoms. The molecule has 2 fully saturated rings. The van der Waals surface area contributed by atoms with Gasteiger partial charge in [0.1, 0.15) is 11.5 Å². The molecule has 0 aliphatic carbocycles. The Hall–Kier alpha value is -4.07. The number of nitrogens with one attached hydrogen (secondary N) is 1. The van der Waals surface area contributed by atoms with Crippen LogP contribution in [0.3, 0.4) is 0 Å². The highest BCUT2D eigenvalue weighted by Crippen LogP contribution is 2.41. The van der Waals surface area contributed by atoms with Crippen LogP contribution in [0.4, 0.5) is 5.82 Å². The molecule has 2 aromatic rings. The van der Waals surface area contributed by atoms with Gasteiger partial charge in [-0.2, -0.15) is 0 Å². The van der Waals surface area contributed by atoms with Crippen LogP contribution in [0.5, 0.6) is 0 Å². The van der Waals surface area contributed by atoms with Crippen LogP contribution in [0.15, 0.2) is 36.2 Å². The van der Waals surface area contributed by atoms with E-state index in [2.05, 4.69) is 27.4 Å². The summed E-state index contributed by atoms with van der Waals surface area (Å²) in [4.78, 5) is 50.0. The number of likely N-dealkylation sites (tertiary alicyclic amines) is 2. The van der Waals surface area contributed by atoms with E-state index in [1.807, 2.05) is 17.0 Å². The van der Waals surface area contributed by atoms with Gasteiger partial charge in [0.25, 0.3) is 5.91 Å². The molecule has 3 amide bonds. The second kappa shape index (κ2) is 11.4. The van der Waals surface area contributed by atoms with E-state index in [9.17, 15) is 19.5 Å². The zero-order valence-corrected chi connectivity index (χ0v) is 21.6. The molecule has 2 saturated heterocycles. The van der Waals surface area contributed by atoms with E-state index >= 15 is 0 Å². The maximum absolute atomic E-state index is 13.0. The lowest BCUT2D eigenvalue weighted by Crippen LogP contribution is -2.53. The summed E-state index contributed by atoms with van der Waals surface area (Å²) in [6, 6.07) is 9.53. The zero-order chi connectivity index (χ0) is 27.4. The average molecular weight is 530 g/mol. The Morgan fingerprint density at radius 1 is 1.15 bits per heavy atom. The summed E-state index contributed by atoms with van der Waals surface area (Å²) in [6.07, 6.45) is 10.2. The van der Waals surface area contributed by atoms with Gasteiger partial charge in [0.15, 0.2) is 6.10 Å². The molecule has 202 valence electrons. The van der Waals surface area contributed by atoms with Gasteiger partial charge in [-0.1, -0.05) is 11.6 Å². The molecule has 1 unspecified atom stereocenters. The molecule has 1 spiro atoms. The monoisotopic (exact) mass is 529 g/mol. The molecular formula is C29H31N5O5. The Morgan fingerprint density at radius 3 is 2.62 bits per heavy atom. The van der Waals surface area contributed by atoms with E-state index in [-0.39, 0.29) is 11.8 Å². The minimum atomic E-state index is -1.44. The first-order valence-electron chi connectivity index (χ1n) is 13.2. The summed E-state index contributed by atoms with van der Waals surface area (Å²) in [7, 11) is 0. The highest BCUT2D eigenvalue weighted by atomic mass is 16.3. The lowest BCUT2D eigenvalue weighted by atomic mass is 9.71. The van der Waals surface area contributed by atoms with Crippen molar-refractivity contribution in [2.75, 3.05) is 38.1 Å². The van der Waals surface area contributed by atoms with Crippen LogP contribution in [0.2, 0.25) is 0 Å². The van der Waals surface area contributed by atoms with Gasteiger partial charge in [-0.05, 0) is 67.5 Å². The highest BCUT2D eigenvalue weighted by molar-refractivity contribution is 5.98. The number of hydrogen-bond acceptors (Lipinski definition) is 7. The quantitative estimate of drug-likeness (QED) is 0.496. The SMILES string of the molecule is O=C(C=Cc1cnc2c(c1)CC1(CCN(C(=O)C(O)CO)CC1)C(=O)N2)N1CCC(=Cc2c#cccn2)CC1. The largest absolute Gasteiger partial charge is 0.393 e. The molecule has 1 atom stereocenters. The molecule has 0 radical (unpaired) electrons. The number of fused-ring (bicyclic) bond motifs is 1. The second-order valence-electron chi connectivity index (χ2n) is 10.3. The third kappa shape index (κ3) is 5.85. The van der Waals surface area contributed by atoms with Crippen molar-refractivity contribution >= 4 is 35.7 Å². The van der Waals surface area contributed by atoms with Crippen LogP contribution < -0.4 is 5.32 Å². The highest BCUT2D eigenvalue weighted by Gasteiger charge is 2.46. The van der Waals surface area contributed by atoms with Crippen molar-refractivity contribution in [3.63, 3.8) is 0 Å². The van der Waals surface area contributed by atoms with Crippen molar-refractivity contribution in [1.29, 1.82) is 0 Å². The van der Waals surface area contributed by atoms with E-state index in [0.29, 0.717) is 51.3 Å². The van der Waals surface area contributed by atoms with Crippen LogP contribution in [0, 0.1) is 17.5 Å². The first-order valence-corrected chi connectivity index (χ1v) is 13.2. The van der Waals surface area contributed by atoms with E-state index in [0.717, 1.165) is 29.7 Å². The van der Waals surface area contributed by atoms with Crippen LogP contribution in [0.1, 0.15) is 42.5 Å². The predicted octanol–water partition coefficient (Wildman–Crippen LogP) is 1.25. The summed E-state index contributed by atoms with van der Waals surface area (Å²) in [5, 5.41) is 21.6. The molecule has 5 heterocycles. The number of aliphatic hydroxyl groups is 2. The molecule has 2 aromatic heterocycles. The molecule has 0 aromatic carbocycles. The fourth-order valence-corrected chi connectivity index (χ4v) is 5.40. The molecule has 39 heavy (non-hydrogen) atoms. The van der Waals surface area contributed by atoms with Crippen molar-refractivity contribution in [3.8, 4) is 0 Å². The number of aliphatic hydroxyl groups excluding tert-OH is 2. The average Bonchev–Trinajstić information content (AvgIpc) is 2.97. The number of carbonyl (C=O) groups is 3. The number of hydrogen-bond donors (Lipinski definition) is 3. The summed E-state index contributed by atoms with van der Waals surface area (Å²) >= 11 is 0. The lowest BCUT2D eigenvalue weighted by molar-refractivity contribution is -0.146. The van der Waals surface area contributed by atoms with Crippen molar-refractivity contribution in [1.82, 2.24) is 19.8 Å². The molecule has 0 saturated carbocycles. The Morgan fingerprint density at radius 2 is 1.92 bits per heavy atom. The number of anilines is 1. The smallest absolute Gasteiger partial charge is 0.253 e. The van der Waals surface area contributed by atoms with E-state index in [4.69, 9.17) is 5.11 Å². The van der Waals surface area contributed by atoms with Crippen molar-refractivity contribution in [2.24, 2.45) is 5.41 Å². The van der Waals surface area contributed by atoms with Crippen LogP contribution in [-0.4, -0.2) is 86.6 Å². The van der Waals surface area contributed by atoms with Crippen molar-refractivity contribution < 1.29 is 24.6 Å². The lowest BCUT2D eigenvalue weighted by Gasteiger charge is -2.43. The number of nitrogens with zero attached hydrogens (tertiary/aromatic N) is 4. The Balaban J connectivity index is 1.19. The molecule has 3 N–H and O–H groups in total. The second-order valence-corrected chi connectivity index (χ2v) is 10.3. The first-order chi connectivity index (χ1) is 18.9. The zero-order valence-electron chi connectivity index (χ0n) is 21.6. The van der Waals surface area contributed by atoms with Crippen molar-refractivity contribution in [2.45, 2.75) is 38.2 Å². The molecule has 10 nitrogen and oxygen atoms in total. The van der Waals surface area contributed by atoms with Crippen LogP contribution in [-0.2, 0) is 20.8 Å². The van der Waals surface area contributed by atoms with Gasteiger partial charge in [-0.15, -0.1) is 0 Å². The number of rotatable bonds is 5. The number of aromatic nitrogens is 2. The minimum absolute atomic E-state index is 0.0589. The van der Waals surface area contributed by atoms with Gasteiger partial charge in [0, 0.05) is 50.7 Å². The molecule has 5 rings (SSSR count). The molecule has 0 bridgehead atoms. The number of amides is 3. The third-order valence-corrected chi connectivity index (χ3v) is 7.77. The summed E-state index contributed by atoms with van der Waals surface area (Å²) in [5.41, 5.74) is 2.98. The minimum Gasteiger partial charge on any atom is -0.393 e. The van der Waals surface area contributed by atoms with Gasteiger partial charge in [0.2, 0.25) is 11.8 Å². The van der Waals surface area contributed by atoms with Crippen LogP contribution >= 0.6 is 0 Å². The molecular weight excluding hydrogens is 498 g/mol. The standard InChI is InChI=1S/C29H31N5O5/c35-19-24(36)27(38)34-13-8-29(9-14-34)17-22-15-21(18-31-26(22)32-28(29)39)4-5-25(37)33-11-6-20(7-12-33)16-23-3-1-2-10-30-23/h2,4-5,10,15-16,18,24,35-36H,6-9,11-14,17,19H2,(H,31,32,39). The van der Waals surface area contributed by atoms with Crippen LogP contribution in [0.25, 0.3) is 12.2 Å². The van der Waals surface area contributed by atoms with Gasteiger partial charge in [0.05, 0.1) is 12.0 Å². The summed E-state index contributed by atoms with van der Waals surface area (Å²) in [6.45, 7) is 1.30. The number of carbonyl (C=O) groups excluding carboxylic acids is 3. The topological polar surface area (TPSA) is 136 Å². The number of piperidine rings is 2. The Bertz CT molecular complexity index is 1290. The Labute approximate surface area is 227 Å². The summed E-state index contributed by atoms with van der Waals surface area (Å²) in [5.74, 6) is -0.180. The fraction of sp³-hybridized carbons (Fsp3) is 0.414. The number of pyridine rings is 1. The first kappa shape index (κ1) is 26.5. The summed E-state index contributed by atoms with van der Waals surface area (Å²) < 4.78 is 0. The van der Waals surface area contributed by atoms with Gasteiger partial charge >= 0.3 is 0 Å². The van der Waals surface area contributed by atoms with Gasteiger partial charge in [-0.3, -0.25) is 14.4 Å². The van der Waals surface area contributed by atoms with E-state index in [1.165, 1.54) is 10.5 Å². The van der Waals surface area contributed by atoms with Crippen molar-refractivity contribution in [3.05, 3.63) is 65.1 Å². The van der Waals surface area contributed by atoms with E-state index < -0.39 is 24.0 Å². The molecule has 3 aliphatic heterocycles. The normalized spacial score (nSPS) is 19.3.